The molecule has 5 heteroatoms. The van der Waals surface area contributed by atoms with E-state index in [0.29, 0.717) is 5.57 Å². The van der Waals surface area contributed by atoms with Crippen molar-refractivity contribution in [3.8, 4) is 0 Å². The van der Waals surface area contributed by atoms with Gasteiger partial charge < -0.3 is 14.8 Å². The van der Waals surface area contributed by atoms with Crippen LogP contribution in [0.2, 0.25) is 0 Å². The molecule has 1 atom stereocenters. The van der Waals surface area contributed by atoms with Crippen molar-refractivity contribution in [2.75, 3.05) is 13.2 Å². The lowest BCUT2D eigenvalue weighted by Gasteiger charge is -2.11. The van der Waals surface area contributed by atoms with E-state index in [1.807, 2.05) is 13.8 Å². The van der Waals surface area contributed by atoms with E-state index in [9.17, 15) is 9.59 Å². The van der Waals surface area contributed by atoms with Gasteiger partial charge in [0.15, 0.2) is 0 Å². The molecule has 0 aromatic carbocycles. The topological polar surface area (TPSA) is 64.6 Å². The second-order valence-corrected chi connectivity index (χ2v) is 3.51. The van der Waals surface area contributed by atoms with Gasteiger partial charge in [0.2, 0.25) is 0 Å². The number of amides is 1. The van der Waals surface area contributed by atoms with Crippen LogP contribution in [0.15, 0.2) is 12.2 Å². The molecule has 0 aliphatic carbocycles. The number of hydrogen-bond acceptors (Lipinski definition) is 4. The normalized spacial score (nSPS) is 11.4. The molecule has 92 valence electrons. The van der Waals surface area contributed by atoms with Crippen molar-refractivity contribution in [3.05, 3.63) is 12.2 Å². The number of alkyl carbamates (subject to hydrolysis) is 1. The SMILES string of the molecule is C=C(C)C(=O)OCCOC(=O)NC(C)CC. The number of esters is 1. The number of ether oxygens (including phenoxy) is 2. The Bertz CT molecular complexity index is 263. The van der Waals surface area contributed by atoms with E-state index in [-0.39, 0.29) is 19.3 Å². The van der Waals surface area contributed by atoms with Gasteiger partial charge in [0, 0.05) is 11.6 Å². The molecule has 1 N–H and O–H groups in total. The maximum absolute atomic E-state index is 11.1. The van der Waals surface area contributed by atoms with Crippen LogP contribution in [0.3, 0.4) is 0 Å². The van der Waals surface area contributed by atoms with Gasteiger partial charge in [0.05, 0.1) is 0 Å². The summed E-state index contributed by atoms with van der Waals surface area (Å²) in [7, 11) is 0. The van der Waals surface area contributed by atoms with E-state index in [0.717, 1.165) is 6.42 Å². The molecule has 0 radical (unpaired) electrons. The van der Waals surface area contributed by atoms with Gasteiger partial charge in [-0.2, -0.15) is 0 Å². The fraction of sp³-hybridized carbons (Fsp3) is 0.636. The molecule has 0 bridgehead atoms. The zero-order valence-electron chi connectivity index (χ0n) is 10.0. The van der Waals surface area contributed by atoms with E-state index < -0.39 is 12.1 Å². The van der Waals surface area contributed by atoms with Crippen LogP contribution in [0.5, 0.6) is 0 Å². The minimum atomic E-state index is -0.499. The number of nitrogens with one attached hydrogen (secondary N) is 1. The molecule has 16 heavy (non-hydrogen) atoms. The summed E-state index contributed by atoms with van der Waals surface area (Å²) in [5, 5.41) is 2.62. The highest BCUT2D eigenvalue weighted by molar-refractivity contribution is 5.86. The summed E-state index contributed by atoms with van der Waals surface area (Å²) >= 11 is 0. The van der Waals surface area contributed by atoms with Crippen molar-refractivity contribution < 1.29 is 19.1 Å². The monoisotopic (exact) mass is 229 g/mol. The standard InChI is InChI=1S/C11H19NO4/c1-5-9(4)12-11(14)16-7-6-15-10(13)8(2)3/h9H,2,5-7H2,1,3-4H3,(H,12,14). The van der Waals surface area contributed by atoms with E-state index >= 15 is 0 Å². The second-order valence-electron chi connectivity index (χ2n) is 3.51. The largest absolute Gasteiger partial charge is 0.459 e. The predicted molar refractivity (Wildman–Crippen MR) is 60.0 cm³/mol. The van der Waals surface area contributed by atoms with E-state index in [1.54, 1.807) is 6.92 Å². The number of hydrogen-bond donors (Lipinski definition) is 1. The highest BCUT2D eigenvalue weighted by Crippen LogP contribution is 1.93. The molecule has 0 saturated heterocycles. The molecule has 0 aliphatic heterocycles. The minimum absolute atomic E-state index is 0.0413. The minimum Gasteiger partial charge on any atom is -0.459 e. The Morgan fingerprint density at radius 3 is 2.38 bits per heavy atom. The third kappa shape index (κ3) is 6.86. The molecule has 1 unspecified atom stereocenters. The molecule has 0 fully saturated rings. The van der Waals surface area contributed by atoms with Gasteiger partial charge in [-0.05, 0) is 20.3 Å². The number of carbonyl (C=O) groups is 2. The number of carbonyl (C=O) groups excluding carboxylic acids is 2. The summed E-state index contributed by atoms with van der Waals surface area (Å²) < 4.78 is 9.53. The molecule has 0 saturated carbocycles. The molecule has 0 aromatic rings. The van der Waals surface area contributed by atoms with Gasteiger partial charge in [-0.15, -0.1) is 0 Å². The zero-order valence-corrected chi connectivity index (χ0v) is 10.0. The first-order chi connectivity index (χ1) is 7.47. The van der Waals surface area contributed by atoms with Crippen LogP contribution >= 0.6 is 0 Å². The maximum atomic E-state index is 11.1. The Labute approximate surface area is 95.8 Å². The summed E-state index contributed by atoms with van der Waals surface area (Å²) in [6.07, 6.45) is 0.334. The molecule has 0 heterocycles. The van der Waals surface area contributed by atoms with Crippen LogP contribution in [0.1, 0.15) is 27.2 Å². The Morgan fingerprint density at radius 1 is 1.31 bits per heavy atom. The Balaban J connectivity index is 3.55. The first kappa shape index (κ1) is 14.5. The molecule has 1 amide bonds. The van der Waals surface area contributed by atoms with Crippen LogP contribution < -0.4 is 5.32 Å². The van der Waals surface area contributed by atoms with Crippen LogP contribution in [0.4, 0.5) is 4.79 Å². The molecular formula is C11H19NO4. The fourth-order valence-corrected chi connectivity index (χ4v) is 0.737. The van der Waals surface area contributed by atoms with Crippen LogP contribution in [-0.4, -0.2) is 31.3 Å². The highest BCUT2D eigenvalue weighted by Gasteiger charge is 2.07. The molecule has 0 aromatic heterocycles. The summed E-state index contributed by atoms with van der Waals surface area (Å²) in [5.41, 5.74) is 0.323. The van der Waals surface area contributed by atoms with Crippen LogP contribution in [0.25, 0.3) is 0 Å². The van der Waals surface area contributed by atoms with Crippen molar-refractivity contribution in [1.82, 2.24) is 5.32 Å². The van der Waals surface area contributed by atoms with E-state index in [1.165, 1.54) is 0 Å². The van der Waals surface area contributed by atoms with Crippen molar-refractivity contribution >= 4 is 12.1 Å². The third-order valence-corrected chi connectivity index (χ3v) is 1.87. The van der Waals surface area contributed by atoms with Crippen molar-refractivity contribution in [2.45, 2.75) is 33.2 Å². The molecule has 0 rings (SSSR count). The van der Waals surface area contributed by atoms with Gasteiger partial charge in [-0.25, -0.2) is 9.59 Å². The smallest absolute Gasteiger partial charge is 0.407 e. The number of rotatable bonds is 6. The van der Waals surface area contributed by atoms with Gasteiger partial charge in [-0.3, -0.25) is 0 Å². The summed E-state index contributed by atoms with van der Waals surface area (Å²) in [4.78, 5) is 22.0. The Kier molecular flexibility index (Phi) is 7.00. The molecule has 0 aliphatic rings. The van der Waals surface area contributed by atoms with Crippen molar-refractivity contribution in [1.29, 1.82) is 0 Å². The predicted octanol–water partition coefficient (Wildman–Crippen LogP) is 1.63. The van der Waals surface area contributed by atoms with E-state index in [4.69, 9.17) is 9.47 Å². The lowest BCUT2D eigenvalue weighted by atomic mass is 10.3. The lowest BCUT2D eigenvalue weighted by Crippen LogP contribution is -2.33. The van der Waals surface area contributed by atoms with Crippen molar-refractivity contribution in [2.24, 2.45) is 0 Å². The second kappa shape index (κ2) is 7.73. The van der Waals surface area contributed by atoms with Crippen molar-refractivity contribution in [3.63, 3.8) is 0 Å². The summed E-state index contributed by atoms with van der Waals surface area (Å²) in [5.74, 6) is -0.481. The average Bonchev–Trinajstić information content (AvgIpc) is 2.23. The van der Waals surface area contributed by atoms with Gasteiger partial charge >= 0.3 is 12.1 Å². The maximum Gasteiger partial charge on any atom is 0.407 e. The van der Waals surface area contributed by atoms with Gasteiger partial charge in [-0.1, -0.05) is 13.5 Å². The summed E-state index contributed by atoms with van der Waals surface area (Å²) in [6.45, 7) is 8.90. The zero-order chi connectivity index (χ0) is 12.6. The third-order valence-electron chi connectivity index (χ3n) is 1.87. The first-order valence-electron chi connectivity index (χ1n) is 5.23. The Hall–Kier alpha value is -1.52. The quantitative estimate of drug-likeness (QED) is 0.427. The van der Waals surface area contributed by atoms with Gasteiger partial charge in [0.1, 0.15) is 13.2 Å². The Morgan fingerprint density at radius 2 is 1.88 bits per heavy atom. The summed E-state index contributed by atoms with van der Waals surface area (Å²) in [6, 6.07) is 0.0745. The molecular weight excluding hydrogens is 210 g/mol. The average molecular weight is 229 g/mol. The van der Waals surface area contributed by atoms with Crippen LogP contribution in [-0.2, 0) is 14.3 Å². The van der Waals surface area contributed by atoms with E-state index in [2.05, 4.69) is 11.9 Å². The first-order valence-corrected chi connectivity index (χ1v) is 5.23. The van der Waals surface area contributed by atoms with Crippen LogP contribution in [0, 0.1) is 0 Å². The molecule has 5 nitrogen and oxygen atoms in total. The lowest BCUT2D eigenvalue weighted by molar-refractivity contribution is -0.139. The fourth-order valence-electron chi connectivity index (χ4n) is 0.737. The van der Waals surface area contributed by atoms with Gasteiger partial charge in [0.25, 0.3) is 0 Å². The highest BCUT2D eigenvalue weighted by atomic mass is 16.6. The molecule has 0 spiro atoms.